The first-order valence-electron chi connectivity index (χ1n) is 2.03. The van der Waals surface area contributed by atoms with E-state index in [2.05, 4.69) is 47.8 Å². The number of hydrogen-bond donors (Lipinski definition) is 0. The fourth-order valence-electron chi connectivity index (χ4n) is 0.0991. The third-order valence-corrected chi connectivity index (χ3v) is 3.04. The van der Waals surface area contributed by atoms with Crippen LogP contribution in [0.25, 0.3) is 0 Å². The van der Waals surface area contributed by atoms with E-state index < -0.39 is 0 Å². The van der Waals surface area contributed by atoms with Crippen LogP contribution in [-0.2, 0) is 4.79 Å². The quantitative estimate of drug-likeness (QED) is 0.566. The molecule has 0 amide bonds. The van der Waals surface area contributed by atoms with E-state index in [1.165, 1.54) is 0 Å². The van der Waals surface area contributed by atoms with Crippen molar-refractivity contribution in [1.82, 2.24) is 0 Å². The Morgan fingerprint density at radius 1 is 1.50 bits per heavy atom. The molecule has 8 heavy (non-hydrogen) atoms. The summed E-state index contributed by atoms with van der Waals surface area (Å²) in [5, 5.41) is 0. The third kappa shape index (κ3) is 3.20. The van der Waals surface area contributed by atoms with Gasteiger partial charge in [-0.25, -0.2) is 0 Å². The standard InChI is InChI=1S/C4H5Br3O/c1-2(3(5)6)4(7)8/h2-3H,1H3. The van der Waals surface area contributed by atoms with Crippen molar-refractivity contribution in [2.75, 3.05) is 0 Å². The maximum Gasteiger partial charge on any atom is 0.202 e. The topological polar surface area (TPSA) is 17.1 Å². The van der Waals surface area contributed by atoms with Gasteiger partial charge in [0.2, 0.25) is 4.69 Å². The van der Waals surface area contributed by atoms with Gasteiger partial charge < -0.3 is 0 Å². The first kappa shape index (κ1) is 9.11. The van der Waals surface area contributed by atoms with Gasteiger partial charge in [-0.3, -0.25) is 4.79 Å². The molecule has 4 heteroatoms. The predicted molar refractivity (Wildman–Crippen MR) is 44.7 cm³/mol. The molecule has 0 bridgehead atoms. The molecule has 0 aliphatic rings. The normalized spacial score (nSPS) is 14.1. The van der Waals surface area contributed by atoms with Gasteiger partial charge in [0.25, 0.3) is 0 Å². The SMILES string of the molecule is CC(C(=O)Br)C(Br)Br. The molecule has 0 aliphatic heterocycles. The molecule has 0 radical (unpaired) electrons. The van der Waals surface area contributed by atoms with E-state index in [0.29, 0.717) is 0 Å². The van der Waals surface area contributed by atoms with Crippen molar-refractivity contribution in [3.63, 3.8) is 0 Å². The fraction of sp³-hybridized carbons (Fsp3) is 0.750. The predicted octanol–water partition coefficient (Wildman–Crippen LogP) is 2.66. The number of rotatable bonds is 2. The van der Waals surface area contributed by atoms with Crippen LogP contribution in [0.2, 0.25) is 0 Å². The molecular weight excluding hydrogens is 304 g/mol. The maximum absolute atomic E-state index is 10.4. The molecule has 0 rings (SSSR count). The third-order valence-electron chi connectivity index (χ3n) is 0.736. The number of alkyl halides is 2. The lowest BCUT2D eigenvalue weighted by atomic mass is 10.3. The molecular formula is C4H5Br3O. The Bertz CT molecular complexity index is 91.3. The molecule has 0 aromatic rings. The lowest BCUT2D eigenvalue weighted by Gasteiger charge is -2.04. The average Bonchev–Trinajstić information content (AvgIpc) is 1.64. The van der Waals surface area contributed by atoms with Crippen LogP contribution in [0.4, 0.5) is 0 Å². The summed E-state index contributed by atoms with van der Waals surface area (Å²) in [5.41, 5.74) is 0. The molecule has 1 unspecified atom stereocenters. The van der Waals surface area contributed by atoms with Crippen LogP contribution in [0, 0.1) is 5.92 Å². The molecule has 0 spiro atoms. The molecule has 0 aromatic heterocycles. The van der Waals surface area contributed by atoms with Gasteiger partial charge in [-0.05, 0) is 15.9 Å². The first-order chi connectivity index (χ1) is 3.55. The smallest absolute Gasteiger partial charge is 0.202 e. The Hall–Kier alpha value is 1.11. The minimum atomic E-state index is -0.0185. The van der Waals surface area contributed by atoms with Crippen LogP contribution >= 0.6 is 47.8 Å². The lowest BCUT2D eigenvalue weighted by molar-refractivity contribution is -0.112. The van der Waals surface area contributed by atoms with E-state index in [-0.39, 0.29) is 14.3 Å². The number of carbonyl (C=O) groups excluding carboxylic acids is 1. The van der Waals surface area contributed by atoms with Gasteiger partial charge in [0.05, 0.1) is 3.74 Å². The molecule has 0 aromatic carbocycles. The van der Waals surface area contributed by atoms with Gasteiger partial charge in [0, 0.05) is 5.92 Å². The van der Waals surface area contributed by atoms with Gasteiger partial charge in [-0.2, -0.15) is 0 Å². The van der Waals surface area contributed by atoms with Crippen LogP contribution in [0.15, 0.2) is 0 Å². The summed E-state index contributed by atoms with van der Waals surface area (Å²) in [7, 11) is 0. The van der Waals surface area contributed by atoms with E-state index in [0.717, 1.165) is 0 Å². The van der Waals surface area contributed by atoms with Crippen LogP contribution < -0.4 is 0 Å². The zero-order valence-corrected chi connectivity index (χ0v) is 8.95. The monoisotopic (exact) mass is 306 g/mol. The lowest BCUT2D eigenvalue weighted by Crippen LogP contribution is -2.09. The average molecular weight is 309 g/mol. The highest BCUT2D eigenvalue weighted by molar-refractivity contribution is 9.24. The van der Waals surface area contributed by atoms with Gasteiger partial charge in [0.1, 0.15) is 0 Å². The molecule has 0 aliphatic carbocycles. The fourth-order valence-corrected chi connectivity index (χ4v) is 1.55. The largest absolute Gasteiger partial charge is 0.286 e. The zero-order valence-electron chi connectivity index (χ0n) is 4.20. The van der Waals surface area contributed by atoms with Crippen molar-refractivity contribution in [1.29, 1.82) is 0 Å². The molecule has 0 saturated heterocycles. The van der Waals surface area contributed by atoms with Crippen LogP contribution in [-0.4, -0.2) is 8.43 Å². The molecule has 1 nitrogen and oxygen atoms in total. The van der Waals surface area contributed by atoms with Gasteiger partial charge in [-0.15, -0.1) is 0 Å². The molecule has 0 heterocycles. The van der Waals surface area contributed by atoms with Crippen molar-refractivity contribution in [2.45, 2.75) is 10.7 Å². The van der Waals surface area contributed by atoms with Gasteiger partial charge in [-0.1, -0.05) is 38.8 Å². The molecule has 0 N–H and O–H groups in total. The highest BCUT2D eigenvalue weighted by Gasteiger charge is 2.15. The Balaban J connectivity index is 3.64. The Kier molecular flexibility index (Phi) is 4.57. The maximum atomic E-state index is 10.4. The minimum Gasteiger partial charge on any atom is -0.286 e. The summed E-state index contributed by atoms with van der Waals surface area (Å²) < 4.78 is 0.0816. The van der Waals surface area contributed by atoms with Gasteiger partial charge in [0.15, 0.2) is 0 Å². The van der Waals surface area contributed by atoms with Crippen molar-refractivity contribution in [2.24, 2.45) is 5.92 Å². The van der Waals surface area contributed by atoms with E-state index in [1.807, 2.05) is 6.92 Å². The number of hydrogen-bond acceptors (Lipinski definition) is 1. The minimum absolute atomic E-state index is 0.0104. The number of halogens is 3. The zero-order chi connectivity index (χ0) is 6.73. The molecule has 1 atom stereocenters. The van der Waals surface area contributed by atoms with E-state index >= 15 is 0 Å². The molecule has 0 fully saturated rings. The number of carbonyl (C=O) groups is 1. The summed E-state index contributed by atoms with van der Waals surface area (Å²) in [6, 6.07) is 0. The Morgan fingerprint density at radius 2 is 1.88 bits per heavy atom. The van der Waals surface area contributed by atoms with Crippen molar-refractivity contribution >= 4 is 52.5 Å². The summed E-state index contributed by atoms with van der Waals surface area (Å²) in [6.45, 7) is 1.82. The Morgan fingerprint density at radius 3 is 1.88 bits per heavy atom. The van der Waals surface area contributed by atoms with E-state index in [9.17, 15) is 4.79 Å². The Labute approximate surface area is 73.6 Å². The second kappa shape index (κ2) is 4.01. The van der Waals surface area contributed by atoms with Crippen molar-refractivity contribution in [3.8, 4) is 0 Å². The van der Waals surface area contributed by atoms with Crippen molar-refractivity contribution < 1.29 is 4.79 Å². The van der Waals surface area contributed by atoms with Crippen molar-refractivity contribution in [3.05, 3.63) is 0 Å². The second-order valence-corrected chi connectivity index (χ2v) is 5.41. The first-order valence-corrected chi connectivity index (χ1v) is 4.65. The van der Waals surface area contributed by atoms with E-state index in [4.69, 9.17) is 0 Å². The summed E-state index contributed by atoms with van der Waals surface area (Å²) >= 11 is 9.25. The summed E-state index contributed by atoms with van der Waals surface area (Å²) in [5.74, 6) is -0.0185. The summed E-state index contributed by atoms with van der Waals surface area (Å²) in [4.78, 5) is 10.4. The summed E-state index contributed by atoms with van der Waals surface area (Å²) in [6.07, 6.45) is 0. The highest BCUT2D eigenvalue weighted by Crippen LogP contribution is 2.21. The van der Waals surface area contributed by atoms with Gasteiger partial charge >= 0.3 is 0 Å². The molecule has 0 saturated carbocycles. The highest BCUT2D eigenvalue weighted by atomic mass is 79.9. The van der Waals surface area contributed by atoms with Crippen LogP contribution in [0.1, 0.15) is 6.92 Å². The van der Waals surface area contributed by atoms with Crippen LogP contribution in [0.5, 0.6) is 0 Å². The second-order valence-electron chi connectivity index (χ2n) is 1.43. The van der Waals surface area contributed by atoms with Crippen LogP contribution in [0.3, 0.4) is 0 Å². The molecule has 48 valence electrons. The van der Waals surface area contributed by atoms with E-state index in [1.54, 1.807) is 0 Å².